The highest BCUT2D eigenvalue weighted by molar-refractivity contribution is 7.90. The number of benzene rings is 2. The number of nitrogens with zero attached hydrogens (tertiary/aromatic N) is 1. The lowest BCUT2D eigenvalue weighted by Gasteiger charge is -2.06. The fraction of sp³-hybridized carbons (Fsp3) is 0.133. The molecule has 0 aliphatic carbocycles. The van der Waals surface area contributed by atoms with E-state index in [4.69, 9.17) is 0 Å². The third kappa shape index (κ3) is 4.13. The number of sulfonamides is 1. The smallest absolute Gasteiger partial charge is 0.283 e. The monoisotopic (exact) mass is 306 g/mol. The van der Waals surface area contributed by atoms with E-state index in [-0.39, 0.29) is 16.5 Å². The molecule has 2 rings (SSSR count). The molecule has 0 fully saturated rings. The summed E-state index contributed by atoms with van der Waals surface area (Å²) in [5.74, 6) is -0.149. The van der Waals surface area contributed by atoms with Crippen LogP contribution in [0.15, 0.2) is 57.8 Å². The van der Waals surface area contributed by atoms with Gasteiger partial charge in [-0.1, -0.05) is 17.7 Å². The normalized spacial score (nSPS) is 12.2. The quantitative estimate of drug-likeness (QED) is 0.699. The second-order valence-electron chi connectivity index (χ2n) is 4.60. The second-order valence-corrected chi connectivity index (χ2v) is 6.20. The zero-order valence-electron chi connectivity index (χ0n) is 11.7. The Labute approximate surface area is 123 Å². The van der Waals surface area contributed by atoms with Gasteiger partial charge in [-0.25, -0.2) is 4.39 Å². The average Bonchev–Trinajstić information content (AvgIpc) is 2.41. The maximum Gasteiger partial charge on any atom is 0.283 e. The van der Waals surface area contributed by atoms with Crippen LogP contribution in [0.4, 0.5) is 10.1 Å². The minimum Gasteiger partial charge on any atom is -0.343 e. The van der Waals surface area contributed by atoms with Crippen molar-refractivity contribution in [1.82, 2.24) is 0 Å². The number of amidine groups is 1. The summed E-state index contributed by atoms with van der Waals surface area (Å²) in [6.07, 6.45) is 0. The van der Waals surface area contributed by atoms with Gasteiger partial charge >= 0.3 is 0 Å². The molecule has 0 saturated heterocycles. The van der Waals surface area contributed by atoms with Crippen LogP contribution in [0.3, 0.4) is 0 Å². The Morgan fingerprint density at radius 2 is 1.62 bits per heavy atom. The minimum atomic E-state index is -3.75. The maximum absolute atomic E-state index is 12.8. The molecule has 0 bridgehead atoms. The van der Waals surface area contributed by atoms with Crippen LogP contribution in [0.5, 0.6) is 0 Å². The molecule has 2 aromatic rings. The zero-order valence-corrected chi connectivity index (χ0v) is 12.5. The molecule has 0 saturated carbocycles. The van der Waals surface area contributed by atoms with Crippen molar-refractivity contribution in [1.29, 1.82) is 0 Å². The summed E-state index contributed by atoms with van der Waals surface area (Å²) >= 11 is 0. The highest BCUT2D eigenvalue weighted by atomic mass is 32.2. The van der Waals surface area contributed by atoms with E-state index in [9.17, 15) is 12.8 Å². The lowest BCUT2D eigenvalue weighted by atomic mass is 10.2. The fourth-order valence-corrected chi connectivity index (χ4v) is 2.70. The Morgan fingerprint density at radius 1 is 1.05 bits per heavy atom. The molecule has 0 aromatic heterocycles. The van der Waals surface area contributed by atoms with E-state index in [0.717, 1.165) is 5.56 Å². The summed E-state index contributed by atoms with van der Waals surface area (Å²) in [5, 5.41) is 2.81. The molecule has 0 aliphatic heterocycles. The molecule has 1 N–H and O–H groups in total. The summed E-state index contributed by atoms with van der Waals surface area (Å²) in [6, 6.07) is 12.0. The van der Waals surface area contributed by atoms with Crippen LogP contribution in [-0.2, 0) is 10.0 Å². The van der Waals surface area contributed by atoms with Crippen molar-refractivity contribution < 1.29 is 12.8 Å². The topological polar surface area (TPSA) is 58.5 Å². The van der Waals surface area contributed by atoms with Gasteiger partial charge in [0.25, 0.3) is 10.0 Å². The third-order valence-corrected chi connectivity index (χ3v) is 4.13. The highest BCUT2D eigenvalue weighted by Gasteiger charge is 2.12. The zero-order chi connectivity index (χ0) is 15.5. The van der Waals surface area contributed by atoms with E-state index >= 15 is 0 Å². The molecule has 0 amide bonds. The van der Waals surface area contributed by atoms with Crippen molar-refractivity contribution in [3.8, 4) is 0 Å². The van der Waals surface area contributed by atoms with Crippen LogP contribution in [-0.4, -0.2) is 14.3 Å². The molecule has 4 nitrogen and oxygen atoms in total. The average molecular weight is 306 g/mol. The summed E-state index contributed by atoms with van der Waals surface area (Å²) in [4.78, 5) is 0.133. The molecule has 0 aliphatic rings. The first kappa shape index (κ1) is 15.2. The van der Waals surface area contributed by atoms with Crippen molar-refractivity contribution in [3.63, 3.8) is 0 Å². The Bertz CT molecular complexity index is 751. The standard InChI is InChI=1S/C15H15FN2O2S/c1-11-3-9-15(10-4-11)21(19,20)18-12(2)17-14-7-5-13(16)6-8-14/h3-10H,1-2H3,(H,17,18). The van der Waals surface area contributed by atoms with Crippen molar-refractivity contribution >= 4 is 21.5 Å². The lowest BCUT2D eigenvalue weighted by Crippen LogP contribution is -2.10. The summed E-state index contributed by atoms with van der Waals surface area (Å²) < 4.78 is 40.7. The summed E-state index contributed by atoms with van der Waals surface area (Å²) in [6.45, 7) is 3.41. The van der Waals surface area contributed by atoms with Crippen LogP contribution < -0.4 is 5.32 Å². The van der Waals surface area contributed by atoms with Crippen molar-refractivity contribution in [2.45, 2.75) is 18.7 Å². The molecule has 21 heavy (non-hydrogen) atoms. The van der Waals surface area contributed by atoms with E-state index in [0.29, 0.717) is 5.69 Å². The van der Waals surface area contributed by atoms with E-state index in [1.54, 1.807) is 12.1 Å². The first-order valence-corrected chi connectivity index (χ1v) is 7.72. The van der Waals surface area contributed by atoms with Gasteiger partial charge in [-0.05, 0) is 50.2 Å². The van der Waals surface area contributed by atoms with Gasteiger partial charge in [0.15, 0.2) is 0 Å². The van der Waals surface area contributed by atoms with Gasteiger partial charge in [-0.3, -0.25) is 0 Å². The number of hydrogen-bond acceptors (Lipinski definition) is 2. The van der Waals surface area contributed by atoms with E-state index in [1.165, 1.54) is 43.3 Å². The van der Waals surface area contributed by atoms with Crippen LogP contribution in [0.2, 0.25) is 0 Å². The molecule has 2 aromatic carbocycles. The van der Waals surface area contributed by atoms with Crippen LogP contribution >= 0.6 is 0 Å². The van der Waals surface area contributed by atoms with Crippen molar-refractivity contribution in [3.05, 3.63) is 59.9 Å². The molecule has 0 heterocycles. The molecular weight excluding hydrogens is 291 g/mol. The van der Waals surface area contributed by atoms with E-state index < -0.39 is 10.0 Å². The van der Waals surface area contributed by atoms with Gasteiger partial charge in [-0.2, -0.15) is 8.42 Å². The molecule has 0 radical (unpaired) electrons. The lowest BCUT2D eigenvalue weighted by molar-refractivity contribution is 0.598. The highest BCUT2D eigenvalue weighted by Crippen LogP contribution is 2.14. The van der Waals surface area contributed by atoms with Gasteiger partial charge < -0.3 is 5.32 Å². The maximum atomic E-state index is 12.8. The molecular formula is C15H15FN2O2S. The molecule has 110 valence electrons. The number of aryl methyl sites for hydroxylation is 1. The van der Waals surface area contributed by atoms with Gasteiger partial charge in [-0.15, -0.1) is 4.40 Å². The largest absolute Gasteiger partial charge is 0.343 e. The SMILES string of the molecule is C/C(=N\S(=O)(=O)c1ccc(C)cc1)Nc1ccc(F)cc1. The first-order valence-electron chi connectivity index (χ1n) is 6.28. The molecule has 6 heteroatoms. The summed E-state index contributed by atoms with van der Waals surface area (Å²) in [7, 11) is -3.75. The Balaban J connectivity index is 2.20. The van der Waals surface area contributed by atoms with Crippen molar-refractivity contribution in [2.75, 3.05) is 5.32 Å². The number of hydrogen-bond donors (Lipinski definition) is 1. The Hall–Kier alpha value is -2.21. The predicted molar refractivity (Wildman–Crippen MR) is 81.5 cm³/mol. The third-order valence-electron chi connectivity index (χ3n) is 2.75. The summed E-state index contributed by atoms with van der Waals surface area (Å²) in [5.41, 5.74) is 1.54. The van der Waals surface area contributed by atoms with Gasteiger partial charge in [0.05, 0.1) is 4.90 Å². The molecule has 0 atom stereocenters. The van der Waals surface area contributed by atoms with Crippen LogP contribution in [0.25, 0.3) is 0 Å². The molecule has 0 unspecified atom stereocenters. The minimum absolute atomic E-state index is 0.133. The molecule has 0 spiro atoms. The Kier molecular flexibility index (Phi) is 4.37. The van der Waals surface area contributed by atoms with E-state index in [2.05, 4.69) is 9.71 Å². The van der Waals surface area contributed by atoms with Crippen LogP contribution in [0.1, 0.15) is 12.5 Å². The number of anilines is 1. The van der Waals surface area contributed by atoms with Crippen LogP contribution in [0, 0.1) is 12.7 Å². The van der Waals surface area contributed by atoms with Crippen molar-refractivity contribution in [2.24, 2.45) is 4.40 Å². The predicted octanol–water partition coefficient (Wildman–Crippen LogP) is 3.35. The first-order chi connectivity index (χ1) is 9.87. The van der Waals surface area contributed by atoms with Gasteiger partial charge in [0, 0.05) is 5.69 Å². The van der Waals surface area contributed by atoms with Gasteiger partial charge in [0.2, 0.25) is 0 Å². The van der Waals surface area contributed by atoms with Gasteiger partial charge in [0.1, 0.15) is 11.7 Å². The number of halogens is 1. The Morgan fingerprint density at radius 3 is 2.19 bits per heavy atom. The number of nitrogens with one attached hydrogen (secondary N) is 1. The van der Waals surface area contributed by atoms with E-state index in [1.807, 2.05) is 6.92 Å². The second kappa shape index (κ2) is 6.05. The fourth-order valence-electron chi connectivity index (χ4n) is 1.71. The number of rotatable bonds is 3.